The van der Waals surface area contributed by atoms with E-state index in [1.54, 1.807) is 23.9 Å². The molecule has 2 aromatic heterocycles. The summed E-state index contributed by atoms with van der Waals surface area (Å²) in [6.07, 6.45) is 0. The van der Waals surface area contributed by atoms with E-state index >= 15 is 0 Å². The molecule has 0 saturated carbocycles. The number of thioether (sulfide) groups is 1. The van der Waals surface area contributed by atoms with Gasteiger partial charge in [0.1, 0.15) is 0 Å². The molecule has 170 valence electrons. The Labute approximate surface area is 204 Å². The quantitative estimate of drug-likeness (QED) is 0.206. The van der Waals surface area contributed by atoms with Gasteiger partial charge in [-0.05, 0) is 46.8 Å². The van der Waals surface area contributed by atoms with E-state index in [9.17, 15) is 9.90 Å². The molecule has 5 rings (SSSR count). The van der Waals surface area contributed by atoms with Crippen LogP contribution in [0.3, 0.4) is 0 Å². The monoisotopic (exact) mass is 488 g/mol. The van der Waals surface area contributed by atoms with Gasteiger partial charge in [0, 0.05) is 5.56 Å². The number of benzene rings is 3. The predicted octanol–water partition coefficient (Wildman–Crippen LogP) is 6.27. The molecule has 0 saturated heterocycles. The normalized spacial score (nSPS) is 11.2. The molecule has 0 radical (unpaired) electrons. The fourth-order valence-corrected chi connectivity index (χ4v) is 4.85. The first kappa shape index (κ1) is 22.1. The van der Waals surface area contributed by atoms with E-state index < -0.39 is 5.97 Å². The fourth-order valence-electron chi connectivity index (χ4n) is 3.98. The van der Waals surface area contributed by atoms with Crippen LogP contribution in [0.4, 0.5) is 0 Å². The highest BCUT2D eigenvalue weighted by atomic mass is 32.2. The van der Waals surface area contributed by atoms with Gasteiger partial charge in [-0.15, -0.1) is 0 Å². The van der Waals surface area contributed by atoms with Crippen LogP contribution < -0.4 is 0 Å². The first-order chi connectivity index (χ1) is 16.5. The minimum absolute atomic E-state index is 0.161. The topological polar surface area (TPSA) is 96.9 Å². The van der Waals surface area contributed by atoms with Crippen molar-refractivity contribution < 1.29 is 14.4 Å². The van der Waals surface area contributed by atoms with E-state index in [1.165, 1.54) is 0 Å². The fraction of sp³-hybridized carbons (Fsp3) is 0.120. The predicted molar refractivity (Wildman–Crippen MR) is 135 cm³/mol. The molecule has 0 atom stereocenters. The van der Waals surface area contributed by atoms with Crippen LogP contribution in [0, 0.1) is 4.84 Å². The van der Waals surface area contributed by atoms with E-state index in [0.29, 0.717) is 23.4 Å². The molecule has 0 aliphatic carbocycles. The molecule has 0 amide bonds. The SMILES string of the molecule is CCSc1nc2cccc(C(=O)O)c2n1Cc1ccc(-c2ccccc2-c2nc(=S)o[nH]2)cc1. The van der Waals surface area contributed by atoms with Crippen molar-refractivity contribution in [3.05, 3.63) is 82.7 Å². The lowest BCUT2D eigenvalue weighted by Crippen LogP contribution is -2.06. The third-order valence-corrected chi connectivity index (χ3v) is 6.49. The van der Waals surface area contributed by atoms with E-state index in [0.717, 1.165) is 33.2 Å². The third kappa shape index (κ3) is 4.15. The van der Waals surface area contributed by atoms with Crippen molar-refractivity contribution in [3.63, 3.8) is 0 Å². The molecule has 0 bridgehead atoms. The number of nitrogens with zero attached hydrogens (tertiary/aromatic N) is 3. The highest BCUT2D eigenvalue weighted by Gasteiger charge is 2.18. The van der Waals surface area contributed by atoms with E-state index in [-0.39, 0.29) is 10.4 Å². The van der Waals surface area contributed by atoms with Crippen LogP contribution in [0.5, 0.6) is 0 Å². The maximum Gasteiger partial charge on any atom is 0.337 e. The van der Waals surface area contributed by atoms with Crippen LogP contribution >= 0.6 is 24.0 Å². The molecular formula is C25H20N4O3S2. The maximum absolute atomic E-state index is 11.9. The second-order valence-electron chi connectivity index (χ2n) is 7.56. The Morgan fingerprint density at radius 3 is 2.50 bits per heavy atom. The lowest BCUT2D eigenvalue weighted by atomic mass is 9.98. The average Bonchev–Trinajstić information content (AvgIpc) is 3.43. The number of fused-ring (bicyclic) bond motifs is 1. The van der Waals surface area contributed by atoms with Crippen molar-refractivity contribution >= 4 is 41.0 Å². The molecule has 0 unspecified atom stereocenters. The number of hydrogen-bond donors (Lipinski definition) is 2. The number of H-pyrrole nitrogens is 1. The number of rotatable bonds is 7. The van der Waals surface area contributed by atoms with Crippen LogP contribution in [-0.4, -0.2) is 36.5 Å². The highest BCUT2D eigenvalue weighted by Crippen LogP contribution is 2.31. The molecule has 7 nitrogen and oxygen atoms in total. The van der Waals surface area contributed by atoms with Gasteiger partial charge in [-0.25, -0.2) is 14.9 Å². The lowest BCUT2D eigenvalue weighted by molar-refractivity contribution is 0.0698. The summed E-state index contributed by atoms with van der Waals surface area (Å²) in [4.78, 5) is 21.0. The molecule has 9 heteroatoms. The average molecular weight is 489 g/mol. The molecule has 3 aromatic carbocycles. The zero-order chi connectivity index (χ0) is 23.7. The minimum Gasteiger partial charge on any atom is -0.478 e. The largest absolute Gasteiger partial charge is 0.478 e. The Morgan fingerprint density at radius 1 is 1.06 bits per heavy atom. The molecule has 5 aromatic rings. The summed E-state index contributed by atoms with van der Waals surface area (Å²) in [5.74, 6) is 0.461. The van der Waals surface area contributed by atoms with Gasteiger partial charge in [0.2, 0.25) is 0 Å². The van der Waals surface area contributed by atoms with Gasteiger partial charge < -0.3 is 14.2 Å². The number of carboxylic acid groups (broad SMARTS) is 1. The summed E-state index contributed by atoms with van der Waals surface area (Å²) in [5, 5.41) is 13.3. The highest BCUT2D eigenvalue weighted by molar-refractivity contribution is 7.99. The summed E-state index contributed by atoms with van der Waals surface area (Å²) < 4.78 is 7.10. The van der Waals surface area contributed by atoms with Crippen LogP contribution in [0.15, 0.2) is 76.4 Å². The van der Waals surface area contributed by atoms with Crippen molar-refractivity contribution in [1.82, 2.24) is 19.7 Å². The Kier molecular flexibility index (Phi) is 6.04. The second kappa shape index (κ2) is 9.28. The van der Waals surface area contributed by atoms with Gasteiger partial charge in [-0.1, -0.05) is 73.3 Å². The van der Waals surface area contributed by atoms with Crippen LogP contribution in [-0.2, 0) is 6.54 Å². The van der Waals surface area contributed by atoms with Crippen molar-refractivity contribution in [2.45, 2.75) is 18.6 Å². The Bertz CT molecular complexity index is 1550. The van der Waals surface area contributed by atoms with Gasteiger partial charge in [-0.2, -0.15) is 4.98 Å². The second-order valence-corrected chi connectivity index (χ2v) is 9.15. The molecule has 0 fully saturated rings. The number of carboxylic acids is 1. The van der Waals surface area contributed by atoms with Gasteiger partial charge in [0.05, 0.1) is 23.1 Å². The van der Waals surface area contributed by atoms with Gasteiger partial charge in [0.25, 0.3) is 0 Å². The number of nitrogens with one attached hydrogen (secondary N) is 1. The smallest absolute Gasteiger partial charge is 0.337 e. The van der Waals surface area contributed by atoms with Crippen LogP contribution in [0.2, 0.25) is 0 Å². The molecule has 0 spiro atoms. The van der Waals surface area contributed by atoms with Crippen molar-refractivity contribution in [3.8, 4) is 22.5 Å². The van der Waals surface area contributed by atoms with E-state index in [2.05, 4.69) is 22.0 Å². The maximum atomic E-state index is 11.9. The van der Waals surface area contributed by atoms with Crippen LogP contribution in [0.1, 0.15) is 22.8 Å². The third-order valence-electron chi connectivity index (χ3n) is 5.46. The summed E-state index contributed by atoms with van der Waals surface area (Å²) in [5.41, 5.74) is 5.53. The Hall–Kier alpha value is -3.69. The van der Waals surface area contributed by atoms with Crippen molar-refractivity contribution in [1.29, 1.82) is 0 Å². The van der Waals surface area contributed by atoms with Gasteiger partial charge in [-0.3, -0.25) is 0 Å². The summed E-state index contributed by atoms with van der Waals surface area (Å²) in [6.45, 7) is 2.57. The summed E-state index contributed by atoms with van der Waals surface area (Å²) >= 11 is 6.60. The zero-order valence-corrected chi connectivity index (χ0v) is 19.8. The molecule has 34 heavy (non-hydrogen) atoms. The Morgan fingerprint density at radius 2 is 1.82 bits per heavy atom. The molecule has 0 aliphatic rings. The molecule has 2 heterocycles. The number of aromatic amines is 1. The van der Waals surface area contributed by atoms with E-state index in [1.807, 2.05) is 59.2 Å². The number of imidazole rings is 1. The number of para-hydroxylation sites is 1. The first-order valence-corrected chi connectivity index (χ1v) is 12.0. The standard InChI is InChI=1S/C25H20N4O3S2/c1-2-34-24-26-20-9-5-8-19(23(30)31)21(20)29(24)14-15-10-12-16(13-11-15)17-6-3-4-7-18(17)22-27-25(33)32-28-22/h3-13H,2,14H2,1H3,(H,30,31)(H,27,28,33). The lowest BCUT2D eigenvalue weighted by Gasteiger charge is -2.12. The molecule has 2 N–H and O–H groups in total. The summed E-state index contributed by atoms with van der Waals surface area (Å²) in [6, 6.07) is 21.3. The number of hydrogen-bond acceptors (Lipinski definition) is 6. The first-order valence-electron chi connectivity index (χ1n) is 10.6. The van der Waals surface area contributed by atoms with Gasteiger partial charge >= 0.3 is 10.8 Å². The zero-order valence-electron chi connectivity index (χ0n) is 18.2. The number of aromatic carboxylic acids is 1. The van der Waals surface area contributed by atoms with Gasteiger partial charge in [0.15, 0.2) is 11.0 Å². The van der Waals surface area contributed by atoms with Crippen LogP contribution in [0.25, 0.3) is 33.5 Å². The molecular weight excluding hydrogens is 468 g/mol. The number of carbonyl (C=O) groups is 1. The molecule has 0 aliphatic heterocycles. The summed E-state index contributed by atoms with van der Waals surface area (Å²) in [7, 11) is 0. The Balaban J connectivity index is 1.53. The number of aromatic nitrogens is 4. The van der Waals surface area contributed by atoms with Crippen molar-refractivity contribution in [2.24, 2.45) is 0 Å². The van der Waals surface area contributed by atoms with Crippen molar-refractivity contribution in [2.75, 3.05) is 5.75 Å². The van der Waals surface area contributed by atoms with E-state index in [4.69, 9.17) is 16.7 Å². The minimum atomic E-state index is -0.960.